The maximum absolute atomic E-state index is 12.7. The van der Waals surface area contributed by atoms with Crippen LogP contribution in [0.25, 0.3) is 0 Å². The molecule has 5 nitrogen and oxygen atoms in total. The van der Waals surface area contributed by atoms with Gasteiger partial charge in [-0.2, -0.15) is 13.2 Å². The van der Waals surface area contributed by atoms with Crippen LogP contribution in [-0.4, -0.2) is 21.6 Å². The highest BCUT2D eigenvalue weighted by molar-refractivity contribution is 7.99. The summed E-state index contributed by atoms with van der Waals surface area (Å²) in [5.41, 5.74) is -0.448. The van der Waals surface area contributed by atoms with Gasteiger partial charge in [-0.15, -0.1) is 0 Å². The Bertz CT molecular complexity index is 862. The minimum atomic E-state index is -4.44. The number of nitrogens with zero attached hydrogens (tertiary/aromatic N) is 1. The number of fused-ring (bicyclic) bond motifs is 1. The number of hydrogen-bond acceptors (Lipinski definition) is 4. The van der Waals surface area contributed by atoms with Crippen LogP contribution < -0.4 is 10.9 Å². The van der Waals surface area contributed by atoms with E-state index < -0.39 is 23.2 Å². The van der Waals surface area contributed by atoms with Crippen LogP contribution in [0.15, 0.2) is 34.2 Å². The molecule has 1 aromatic heterocycles. The lowest BCUT2D eigenvalue weighted by molar-refractivity contribution is -0.137. The number of alkyl halides is 3. The molecule has 0 bridgehead atoms. The Hall–Kier alpha value is -2.29. The molecule has 0 aliphatic carbocycles. The summed E-state index contributed by atoms with van der Waals surface area (Å²) < 4.78 is 38.1. The predicted molar refractivity (Wildman–Crippen MR) is 87.8 cm³/mol. The van der Waals surface area contributed by atoms with E-state index in [1.54, 1.807) is 0 Å². The summed E-state index contributed by atoms with van der Waals surface area (Å²) in [6.45, 7) is 1.90. The SMILES string of the molecule is CCSc1nc2c(c(=O)[nH]1)C(c1ccc(C(F)(F)F)cc1)CC(=O)N2. The van der Waals surface area contributed by atoms with E-state index >= 15 is 0 Å². The lowest BCUT2D eigenvalue weighted by atomic mass is 9.86. The smallest absolute Gasteiger partial charge is 0.310 e. The molecule has 3 rings (SSSR count). The summed E-state index contributed by atoms with van der Waals surface area (Å²) >= 11 is 1.32. The van der Waals surface area contributed by atoms with Crippen LogP contribution in [0.5, 0.6) is 0 Å². The van der Waals surface area contributed by atoms with Crippen molar-refractivity contribution < 1.29 is 18.0 Å². The number of aromatic amines is 1. The van der Waals surface area contributed by atoms with Crippen LogP contribution in [0.2, 0.25) is 0 Å². The Morgan fingerprint density at radius 2 is 1.92 bits per heavy atom. The number of nitrogens with one attached hydrogen (secondary N) is 2. The van der Waals surface area contributed by atoms with Gasteiger partial charge in [-0.25, -0.2) is 4.98 Å². The number of carbonyl (C=O) groups excluding carboxylic acids is 1. The molecule has 0 fully saturated rings. The fourth-order valence-corrected chi connectivity index (χ4v) is 3.34. The molecule has 1 aliphatic heterocycles. The Morgan fingerprint density at radius 3 is 2.52 bits per heavy atom. The molecule has 2 aromatic rings. The highest BCUT2D eigenvalue weighted by Gasteiger charge is 2.33. The normalized spacial score (nSPS) is 17.1. The zero-order chi connectivity index (χ0) is 18.2. The first kappa shape index (κ1) is 17.5. The molecule has 0 saturated heterocycles. The quantitative estimate of drug-likeness (QED) is 0.643. The predicted octanol–water partition coefficient (Wildman–Crippen LogP) is 3.37. The molecule has 132 valence electrons. The van der Waals surface area contributed by atoms with Crippen LogP contribution in [0, 0.1) is 0 Å². The van der Waals surface area contributed by atoms with Crippen LogP contribution >= 0.6 is 11.8 Å². The number of thioether (sulfide) groups is 1. The first-order valence-electron chi connectivity index (χ1n) is 7.53. The third-order valence-corrected chi connectivity index (χ3v) is 4.61. The van der Waals surface area contributed by atoms with E-state index in [0.29, 0.717) is 16.5 Å². The number of hydrogen-bond donors (Lipinski definition) is 2. The van der Waals surface area contributed by atoms with Gasteiger partial charge in [0.1, 0.15) is 5.82 Å². The molecule has 1 aromatic carbocycles. The molecule has 2 heterocycles. The average Bonchev–Trinajstić information content (AvgIpc) is 2.53. The molecule has 0 saturated carbocycles. The maximum atomic E-state index is 12.7. The number of carbonyl (C=O) groups is 1. The summed E-state index contributed by atoms with van der Waals surface area (Å²) in [6, 6.07) is 4.49. The van der Waals surface area contributed by atoms with Crippen LogP contribution in [0.1, 0.15) is 36.0 Å². The molecule has 1 aliphatic rings. The lowest BCUT2D eigenvalue weighted by Crippen LogP contribution is -2.31. The van der Waals surface area contributed by atoms with Crippen molar-refractivity contribution in [3.05, 3.63) is 51.3 Å². The van der Waals surface area contributed by atoms with Crippen LogP contribution in [0.3, 0.4) is 0 Å². The molecule has 1 atom stereocenters. The third-order valence-electron chi connectivity index (χ3n) is 3.85. The molecular formula is C16H14F3N3O2S. The van der Waals surface area contributed by atoms with E-state index in [4.69, 9.17) is 0 Å². The first-order valence-corrected chi connectivity index (χ1v) is 8.52. The highest BCUT2D eigenvalue weighted by Crippen LogP contribution is 2.36. The zero-order valence-corrected chi connectivity index (χ0v) is 13.9. The van der Waals surface area contributed by atoms with Crippen LogP contribution in [0.4, 0.5) is 19.0 Å². The number of halogens is 3. The van der Waals surface area contributed by atoms with Crippen LogP contribution in [-0.2, 0) is 11.0 Å². The average molecular weight is 369 g/mol. The Balaban J connectivity index is 2.05. The van der Waals surface area contributed by atoms with E-state index in [0.717, 1.165) is 12.1 Å². The van der Waals surface area contributed by atoms with Gasteiger partial charge in [0.25, 0.3) is 5.56 Å². The minimum Gasteiger partial charge on any atom is -0.310 e. The molecule has 0 spiro atoms. The number of H-pyrrole nitrogens is 1. The monoisotopic (exact) mass is 369 g/mol. The van der Waals surface area contributed by atoms with Gasteiger partial charge in [0.05, 0.1) is 11.1 Å². The van der Waals surface area contributed by atoms with E-state index in [9.17, 15) is 22.8 Å². The van der Waals surface area contributed by atoms with Crippen molar-refractivity contribution in [1.29, 1.82) is 0 Å². The van der Waals surface area contributed by atoms with E-state index in [1.807, 2.05) is 6.92 Å². The van der Waals surface area contributed by atoms with Crippen molar-refractivity contribution in [2.75, 3.05) is 11.1 Å². The number of aromatic nitrogens is 2. The number of rotatable bonds is 3. The number of amides is 1. The van der Waals surface area contributed by atoms with Crippen molar-refractivity contribution in [2.45, 2.75) is 30.6 Å². The second-order valence-corrected chi connectivity index (χ2v) is 6.74. The molecule has 2 N–H and O–H groups in total. The molecule has 1 unspecified atom stereocenters. The fourth-order valence-electron chi connectivity index (χ4n) is 2.74. The molecule has 25 heavy (non-hydrogen) atoms. The molecule has 9 heteroatoms. The van der Waals surface area contributed by atoms with E-state index in [1.165, 1.54) is 23.9 Å². The lowest BCUT2D eigenvalue weighted by Gasteiger charge is -2.24. The van der Waals surface area contributed by atoms with Gasteiger partial charge in [0.2, 0.25) is 5.91 Å². The van der Waals surface area contributed by atoms with Gasteiger partial charge in [-0.3, -0.25) is 9.59 Å². The van der Waals surface area contributed by atoms with Gasteiger partial charge in [0.15, 0.2) is 5.16 Å². The first-order chi connectivity index (χ1) is 11.8. The van der Waals surface area contributed by atoms with Gasteiger partial charge >= 0.3 is 6.18 Å². The largest absolute Gasteiger partial charge is 0.416 e. The van der Waals surface area contributed by atoms with E-state index in [-0.39, 0.29) is 23.7 Å². The number of benzene rings is 1. The fraction of sp³-hybridized carbons (Fsp3) is 0.312. The molecular weight excluding hydrogens is 355 g/mol. The Labute approximate surface area is 145 Å². The third kappa shape index (κ3) is 3.55. The van der Waals surface area contributed by atoms with Crippen molar-refractivity contribution >= 4 is 23.5 Å². The van der Waals surface area contributed by atoms with Gasteiger partial charge in [0, 0.05) is 12.3 Å². The summed E-state index contributed by atoms with van der Waals surface area (Å²) in [6.07, 6.45) is -4.46. The van der Waals surface area contributed by atoms with Gasteiger partial charge in [-0.1, -0.05) is 30.8 Å². The molecule has 0 radical (unpaired) electrons. The number of anilines is 1. The van der Waals surface area contributed by atoms with Crippen molar-refractivity contribution in [3.8, 4) is 0 Å². The Morgan fingerprint density at radius 1 is 1.24 bits per heavy atom. The summed E-state index contributed by atoms with van der Waals surface area (Å²) in [4.78, 5) is 31.3. The second-order valence-electron chi connectivity index (χ2n) is 5.49. The van der Waals surface area contributed by atoms with Crippen molar-refractivity contribution in [1.82, 2.24) is 9.97 Å². The summed E-state index contributed by atoms with van der Waals surface area (Å²) in [5.74, 6) is -0.107. The summed E-state index contributed by atoms with van der Waals surface area (Å²) in [5, 5.41) is 2.96. The van der Waals surface area contributed by atoms with Crippen molar-refractivity contribution in [3.63, 3.8) is 0 Å². The maximum Gasteiger partial charge on any atom is 0.416 e. The van der Waals surface area contributed by atoms with Crippen molar-refractivity contribution in [2.24, 2.45) is 0 Å². The Kier molecular flexibility index (Phi) is 4.59. The minimum absolute atomic E-state index is 0.0244. The zero-order valence-electron chi connectivity index (χ0n) is 13.1. The van der Waals surface area contributed by atoms with E-state index in [2.05, 4.69) is 15.3 Å². The standard InChI is InChI=1S/C16H14F3N3O2S/c1-2-25-15-21-13-12(14(24)22-15)10(7-11(23)20-13)8-3-5-9(6-4-8)16(17,18)19/h3-6,10H,2,7H2,1H3,(H2,20,21,22,23,24). The highest BCUT2D eigenvalue weighted by atomic mass is 32.2. The molecule has 1 amide bonds. The topological polar surface area (TPSA) is 74.8 Å². The van der Waals surface area contributed by atoms with Gasteiger partial charge < -0.3 is 10.3 Å². The second kappa shape index (κ2) is 6.55. The van der Waals surface area contributed by atoms with Gasteiger partial charge in [-0.05, 0) is 23.4 Å². The summed E-state index contributed by atoms with van der Waals surface area (Å²) in [7, 11) is 0.